The molecule has 1 N–H and O–H groups in total. The molecule has 5 nitrogen and oxygen atoms in total. The Bertz CT molecular complexity index is 834. The Hall–Kier alpha value is -1.99. The van der Waals surface area contributed by atoms with Gasteiger partial charge in [-0.15, -0.1) is 10.2 Å². The zero-order valence-corrected chi connectivity index (χ0v) is 14.4. The topological polar surface area (TPSA) is 67.8 Å². The molecule has 1 atom stereocenters. The van der Waals surface area contributed by atoms with Gasteiger partial charge in [-0.1, -0.05) is 54.3 Å². The number of nitrogens with zero attached hydrogens (tertiary/aromatic N) is 3. The molecule has 0 aliphatic carbocycles. The first-order valence-electron chi connectivity index (χ1n) is 7.22. The van der Waals surface area contributed by atoms with Crippen LogP contribution in [0.25, 0.3) is 10.9 Å². The average Bonchev–Trinajstić information content (AvgIpc) is 2.93. The monoisotopic (exact) mass is 344 g/mol. The summed E-state index contributed by atoms with van der Waals surface area (Å²) in [7, 11) is 0. The molecule has 0 aliphatic heterocycles. The highest BCUT2D eigenvalue weighted by atomic mass is 32.2. The summed E-state index contributed by atoms with van der Waals surface area (Å²) in [6.07, 6.45) is 0.852. The lowest BCUT2D eigenvalue weighted by Crippen LogP contribution is -2.04. The third-order valence-electron chi connectivity index (χ3n) is 3.14. The van der Waals surface area contributed by atoms with Gasteiger partial charge in [0.25, 0.3) is 0 Å². The highest BCUT2D eigenvalue weighted by Gasteiger charge is 2.12. The normalized spacial score (nSPS) is 12.3. The molecule has 118 valence electrons. The Balaban J connectivity index is 1.64. The third-order valence-corrected chi connectivity index (χ3v) is 5.17. The predicted molar refractivity (Wildman–Crippen MR) is 95.0 cm³/mol. The van der Waals surface area contributed by atoms with Gasteiger partial charge in [-0.25, -0.2) is 0 Å². The fourth-order valence-corrected chi connectivity index (χ4v) is 4.32. The van der Waals surface area contributed by atoms with Crippen LogP contribution in [-0.4, -0.2) is 26.3 Å². The molecule has 2 heterocycles. The second-order valence-electron chi connectivity index (χ2n) is 5.18. The van der Waals surface area contributed by atoms with Crippen molar-refractivity contribution in [3.63, 3.8) is 0 Å². The van der Waals surface area contributed by atoms with Gasteiger partial charge in [0.1, 0.15) is 0 Å². The van der Waals surface area contributed by atoms with Crippen LogP contribution in [0.2, 0.25) is 0 Å². The molecule has 1 amide bonds. The van der Waals surface area contributed by atoms with Crippen LogP contribution in [0, 0.1) is 0 Å². The zero-order chi connectivity index (χ0) is 16.2. The summed E-state index contributed by atoms with van der Waals surface area (Å²) in [5.41, 5.74) is 2.08. The minimum absolute atomic E-state index is 0.133. The van der Waals surface area contributed by atoms with Gasteiger partial charge in [-0.05, 0) is 12.1 Å². The van der Waals surface area contributed by atoms with Crippen molar-refractivity contribution < 1.29 is 4.79 Å². The van der Waals surface area contributed by atoms with E-state index in [-0.39, 0.29) is 5.91 Å². The highest BCUT2D eigenvalue weighted by molar-refractivity contribution is 8.01. The Labute approximate surface area is 142 Å². The lowest BCUT2D eigenvalue weighted by molar-refractivity contribution is -0.114. The molecule has 1 aromatic carbocycles. The largest absolute Gasteiger partial charge is 0.301 e. The number of aromatic nitrogens is 3. The standard InChI is InChI=1S/C16H16N4OS2/c1-10(22-16-20-19-15(23-16)17-11(2)21)9-13-8-7-12-5-3-4-6-14(12)18-13/h3-8,10H,9H2,1-2H3,(H,17,19,21)/t10-/m0/s1. The number of benzene rings is 1. The molecular formula is C16H16N4OS2. The zero-order valence-electron chi connectivity index (χ0n) is 12.8. The lowest BCUT2D eigenvalue weighted by Gasteiger charge is -2.09. The molecule has 0 fully saturated rings. The first-order chi connectivity index (χ1) is 11.1. The molecule has 2 aromatic heterocycles. The number of hydrogen-bond donors (Lipinski definition) is 1. The molecule has 7 heteroatoms. The molecule has 0 aliphatic rings. The number of carbonyl (C=O) groups excluding carboxylic acids is 1. The van der Waals surface area contributed by atoms with Crippen LogP contribution in [-0.2, 0) is 11.2 Å². The molecular weight excluding hydrogens is 328 g/mol. The van der Waals surface area contributed by atoms with Crippen LogP contribution in [0.1, 0.15) is 19.5 Å². The van der Waals surface area contributed by atoms with Crippen LogP contribution in [0.15, 0.2) is 40.7 Å². The maximum absolute atomic E-state index is 11.0. The Morgan fingerprint density at radius 3 is 2.91 bits per heavy atom. The van der Waals surface area contributed by atoms with Crippen molar-refractivity contribution in [1.82, 2.24) is 15.2 Å². The highest BCUT2D eigenvalue weighted by Crippen LogP contribution is 2.30. The van der Waals surface area contributed by atoms with Crippen molar-refractivity contribution >= 4 is 45.0 Å². The van der Waals surface area contributed by atoms with E-state index in [1.165, 1.54) is 18.3 Å². The van der Waals surface area contributed by atoms with Gasteiger partial charge in [0.2, 0.25) is 11.0 Å². The predicted octanol–water partition coefficient (Wildman–Crippen LogP) is 3.77. The first-order valence-corrected chi connectivity index (χ1v) is 8.92. The third kappa shape index (κ3) is 4.27. The van der Waals surface area contributed by atoms with E-state index in [1.54, 1.807) is 11.8 Å². The van der Waals surface area contributed by atoms with E-state index in [2.05, 4.69) is 40.6 Å². The molecule has 0 unspecified atom stereocenters. The summed E-state index contributed by atoms with van der Waals surface area (Å²) in [5.74, 6) is -0.133. The average molecular weight is 344 g/mol. The quantitative estimate of drug-likeness (QED) is 0.564. The summed E-state index contributed by atoms with van der Waals surface area (Å²) in [4.78, 5) is 15.7. The van der Waals surface area contributed by atoms with E-state index in [1.807, 2.05) is 18.2 Å². The summed E-state index contributed by atoms with van der Waals surface area (Å²) in [5, 5.41) is 12.7. The van der Waals surface area contributed by atoms with Crippen LogP contribution in [0.3, 0.4) is 0 Å². The minimum Gasteiger partial charge on any atom is -0.301 e. The fourth-order valence-electron chi connectivity index (χ4n) is 2.19. The smallest absolute Gasteiger partial charge is 0.223 e. The molecule has 3 rings (SSSR count). The molecule has 3 aromatic rings. The first kappa shape index (κ1) is 15.9. The van der Waals surface area contributed by atoms with Gasteiger partial charge in [-0.3, -0.25) is 9.78 Å². The molecule has 0 radical (unpaired) electrons. The molecule has 0 saturated carbocycles. The molecule has 0 bridgehead atoms. The summed E-state index contributed by atoms with van der Waals surface area (Å²) in [6.45, 7) is 3.60. The minimum atomic E-state index is -0.133. The van der Waals surface area contributed by atoms with E-state index in [9.17, 15) is 4.79 Å². The Morgan fingerprint density at radius 2 is 2.09 bits per heavy atom. The van der Waals surface area contributed by atoms with E-state index >= 15 is 0 Å². The number of rotatable bonds is 5. The van der Waals surface area contributed by atoms with Gasteiger partial charge in [0, 0.05) is 29.7 Å². The van der Waals surface area contributed by atoms with Crippen LogP contribution >= 0.6 is 23.1 Å². The Morgan fingerprint density at radius 1 is 1.26 bits per heavy atom. The number of hydrogen-bond acceptors (Lipinski definition) is 6. The lowest BCUT2D eigenvalue weighted by atomic mass is 10.1. The number of thioether (sulfide) groups is 1. The van der Waals surface area contributed by atoms with Crippen LogP contribution in [0.5, 0.6) is 0 Å². The van der Waals surface area contributed by atoms with E-state index in [0.717, 1.165) is 27.4 Å². The van der Waals surface area contributed by atoms with Crippen molar-refractivity contribution in [2.24, 2.45) is 0 Å². The number of pyridine rings is 1. The molecule has 0 saturated heterocycles. The SMILES string of the molecule is CC(=O)Nc1nnc(S[C@@H](C)Cc2ccc3ccccc3n2)s1. The second kappa shape index (κ2) is 7.06. The fraction of sp³-hybridized carbons (Fsp3) is 0.250. The van der Waals surface area contributed by atoms with E-state index in [4.69, 9.17) is 4.98 Å². The van der Waals surface area contributed by atoms with Gasteiger partial charge < -0.3 is 5.32 Å². The van der Waals surface area contributed by atoms with Crippen molar-refractivity contribution in [2.75, 3.05) is 5.32 Å². The van der Waals surface area contributed by atoms with Crippen molar-refractivity contribution in [3.8, 4) is 0 Å². The number of nitrogens with one attached hydrogen (secondary N) is 1. The maximum Gasteiger partial charge on any atom is 0.223 e. The van der Waals surface area contributed by atoms with E-state index < -0.39 is 0 Å². The molecule has 23 heavy (non-hydrogen) atoms. The van der Waals surface area contributed by atoms with Gasteiger partial charge in [-0.2, -0.15) is 0 Å². The summed E-state index contributed by atoms with van der Waals surface area (Å²) < 4.78 is 0.849. The summed E-state index contributed by atoms with van der Waals surface area (Å²) in [6, 6.07) is 12.3. The van der Waals surface area contributed by atoms with Crippen molar-refractivity contribution in [2.45, 2.75) is 29.9 Å². The number of fused-ring (bicyclic) bond motifs is 1. The number of anilines is 1. The number of carbonyl (C=O) groups is 1. The number of para-hydroxylation sites is 1. The van der Waals surface area contributed by atoms with E-state index in [0.29, 0.717) is 10.4 Å². The maximum atomic E-state index is 11.0. The van der Waals surface area contributed by atoms with Crippen LogP contribution in [0.4, 0.5) is 5.13 Å². The van der Waals surface area contributed by atoms with Gasteiger partial charge in [0.15, 0.2) is 4.34 Å². The van der Waals surface area contributed by atoms with Crippen LogP contribution < -0.4 is 5.32 Å². The summed E-state index contributed by atoms with van der Waals surface area (Å²) >= 11 is 3.04. The van der Waals surface area contributed by atoms with Crippen molar-refractivity contribution in [1.29, 1.82) is 0 Å². The Kier molecular flexibility index (Phi) is 4.88. The number of amides is 1. The van der Waals surface area contributed by atoms with Gasteiger partial charge in [0.05, 0.1) is 5.52 Å². The molecule has 0 spiro atoms. The second-order valence-corrected chi connectivity index (χ2v) is 7.85. The van der Waals surface area contributed by atoms with Gasteiger partial charge >= 0.3 is 0 Å². The van der Waals surface area contributed by atoms with Crippen molar-refractivity contribution in [3.05, 3.63) is 42.1 Å².